The van der Waals surface area contributed by atoms with E-state index in [9.17, 15) is 4.79 Å². The number of aromatic nitrogens is 2. The Labute approximate surface area is 162 Å². The van der Waals surface area contributed by atoms with E-state index in [1.807, 2.05) is 19.1 Å². The number of likely N-dealkylation sites (tertiary alicyclic amines) is 1. The van der Waals surface area contributed by atoms with Crippen LogP contribution in [0, 0.1) is 19.8 Å². The maximum atomic E-state index is 12.9. The zero-order valence-corrected chi connectivity index (χ0v) is 17.4. The van der Waals surface area contributed by atoms with E-state index in [1.54, 1.807) is 0 Å². The molecule has 3 rings (SSSR count). The van der Waals surface area contributed by atoms with Gasteiger partial charge in [0.1, 0.15) is 0 Å². The monoisotopic (exact) mass is 369 g/mol. The smallest absolute Gasteiger partial charge is 0.243 e. The fourth-order valence-electron chi connectivity index (χ4n) is 3.72. The first-order valence-corrected chi connectivity index (χ1v) is 9.86. The lowest BCUT2D eigenvalue weighted by molar-refractivity contribution is 0.0774. The molecule has 5 heteroatoms. The molecule has 0 amide bonds. The molecular weight excluding hydrogens is 338 g/mol. The zero-order valence-electron chi connectivity index (χ0n) is 17.4. The molecule has 1 aromatic heterocycles. The van der Waals surface area contributed by atoms with Crippen LogP contribution < -0.4 is 0 Å². The van der Waals surface area contributed by atoms with Crippen molar-refractivity contribution in [3.05, 3.63) is 46.6 Å². The van der Waals surface area contributed by atoms with Crippen molar-refractivity contribution >= 4 is 5.78 Å². The predicted octanol–water partition coefficient (Wildman–Crippen LogP) is 4.64. The molecule has 5 nitrogen and oxygen atoms in total. The van der Waals surface area contributed by atoms with Crippen LogP contribution in [0.5, 0.6) is 0 Å². The summed E-state index contributed by atoms with van der Waals surface area (Å²) in [7, 11) is 0. The first-order chi connectivity index (χ1) is 12.7. The van der Waals surface area contributed by atoms with Gasteiger partial charge in [0.05, 0.1) is 6.04 Å². The van der Waals surface area contributed by atoms with E-state index < -0.39 is 0 Å². The Morgan fingerprint density at radius 3 is 2.44 bits per heavy atom. The Morgan fingerprint density at radius 2 is 1.89 bits per heavy atom. The normalized spacial score (nSPS) is 17.9. The molecule has 1 aromatic carbocycles. The van der Waals surface area contributed by atoms with Crippen LogP contribution in [-0.2, 0) is 5.41 Å². The molecule has 0 aliphatic carbocycles. The van der Waals surface area contributed by atoms with Gasteiger partial charge >= 0.3 is 0 Å². The van der Waals surface area contributed by atoms with Gasteiger partial charge in [-0.15, -0.1) is 0 Å². The van der Waals surface area contributed by atoms with Crippen LogP contribution in [0.25, 0.3) is 0 Å². The van der Waals surface area contributed by atoms with Gasteiger partial charge in [0, 0.05) is 16.9 Å². The van der Waals surface area contributed by atoms with Crippen molar-refractivity contribution in [3.63, 3.8) is 0 Å². The van der Waals surface area contributed by atoms with Gasteiger partial charge in [-0.25, -0.2) is 0 Å². The number of rotatable bonds is 4. The average Bonchev–Trinajstić information content (AvgIpc) is 3.11. The van der Waals surface area contributed by atoms with Crippen LogP contribution in [0.4, 0.5) is 0 Å². The molecule has 0 spiro atoms. The minimum absolute atomic E-state index is 0.0748. The second-order valence-corrected chi connectivity index (χ2v) is 8.88. The molecule has 0 saturated carbocycles. The lowest BCUT2D eigenvalue weighted by Gasteiger charge is -2.34. The van der Waals surface area contributed by atoms with Crippen LogP contribution >= 0.6 is 0 Å². The topological polar surface area (TPSA) is 59.2 Å². The Kier molecular flexibility index (Phi) is 5.52. The molecule has 0 N–H and O–H groups in total. The van der Waals surface area contributed by atoms with Gasteiger partial charge in [0.15, 0.2) is 11.6 Å². The summed E-state index contributed by atoms with van der Waals surface area (Å²) in [4.78, 5) is 19.9. The number of piperidine rings is 1. The Bertz CT molecular complexity index is 811. The molecule has 1 fully saturated rings. The van der Waals surface area contributed by atoms with E-state index >= 15 is 0 Å². The molecule has 0 bridgehead atoms. The minimum atomic E-state index is -0.118. The van der Waals surface area contributed by atoms with Crippen LogP contribution in [0.3, 0.4) is 0 Å². The SMILES string of the molecule is Cc1ccc(C(=O)C2CCN([C@H](C)c3nc(C(C)(C)C)no3)CC2)c(C)c1. The third-order valence-corrected chi connectivity index (χ3v) is 5.57. The summed E-state index contributed by atoms with van der Waals surface area (Å²) in [6, 6.07) is 6.17. The van der Waals surface area contributed by atoms with Gasteiger partial charge in [-0.2, -0.15) is 4.98 Å². The van der Waals surface area contributed by atoms with E-state index in [2.05, 4.69) is 55.7 Å². The first-order valence-electron chi connectivity index (χ1n) is 9.86. The van der Waals surface area contributed by atoms with Gasteiger partial charge in [-0.3, -0.25) is 9.69 Å². The molecule has 1 saturated heterocycles. The van der Waals surface area contributed by atoms with E-state index in [4.69, 9.17) is 4.52 Å². The van der Waals surface area contributed by atoms with Crippen molar-refractivity contribution < 1.29 is 9.32 Å². The van der Waals surface area contributed by atoms with Crippen LogP contribution in [0.2, 0.25) is 0 Å². The Balaban J connectivity index is 1.63. The molecule has 2 heterocycles. The second-order valence-electron chi connectivity index (χ2n) is 8.88. The highest BCUT2D eigenvalue weighted by Gasteiger charge is 2.31. The van der Waals surface area contributed by atoms with Crippen LogP contribution in [-0.4, -0.2) is 33.9 Å². The second kappa shape index (κ2) is 7.55. The van der Waals surface area contributed by atoms with Crippen molar-refractivity contribution in [1.29, 1.82) is 0 Å². The van der Waals surface area contributed by atoms with Gasteiger partial charge in [-0.05, 0) is 52.3 Å². The number of aryl methyl sites for hydroxylation is 2. The largest absolute Gasteiger partial charge is 0.338 e. The third kappa shape index (κ3) is 4.29. The lowest BCUT2D eigenvalue weighted by atomic mass is 9.86. The lowest BCUT2D eigenvalue weighted by Crippen LogP contribution is -2.38. The molecule has 27 heavy (non-hydrogen) atoms. The van der Waals surface area contributed by atoms with Crippen molar-refractivity contribution in [2.75, 3.05) is 13.1 Å². The number of benzene rings is 1. The highest BCUT2D eigenvalue weighted by atomic mass is 16.5. The Hall–Kier alpha value is -2.01. The summed E-state index contributed by atoms with van der Waals surface area (Å²) >= 11 is 0. The summed E-state index contributed by atoms with van der Waals surface area (Å²) in [6.45, 7) is 14.2. The molecule has 2 aromatic rings. The summed E-state index contributed by atoms with van der Waals surface area (Å²) in [5, 5.41) is 4.14. The number of Topliss-reactive ketones (excluding diaryl/α,β-unsaturated/α-hetero) is 1. The van der Waals surface area contributed by atoms with Gasteiger partial charge < -0.3 is 4.52 Å². The molecule has 0 unspecified atom stereocenters. The van der Waals surface area contributed by atoms with E-state index in [-0.39, 0.29) is 23.2 Å². The van der Waals surface area contributed by atoms with Crippen molar-refractivity contribution in [3.8, 4) is 0 Å². The standard InChI is InChI=1S/C22H31N3O2/c1-14-7-8-18(15(2)13-14)19(26)17-9-11-25(12-10-17)16(3)20-23-21(24-27-20)22(4,5)6/h7-8,13,16-17H,9-12H2,1-6H3/t16-/m1/s1. The summed E-state index contributed by atoms with van der Waals surface area (Å²) in [5.74, 6) is 1.79. The fourth-order valence-corrected chi connectivity index (χ4v) is 3.72. The van der Waals surface area contributed by atoms with Crippen molar-refractivity contribution in [2.45, 2.75) is 65.8 Å². The summed E-state index contributed by atoms with van der Waals surface area (Å²) in [5.41, 5.74) is 3.03. The van der Waals surface area contributed by atoms with Crippen LogP contribution in [0.1, 0.15) is 79.8 Å². The quantitative estimate of drug-likeness (QED) is 0.735. The molecule has 1 atom stereocenters. The third-order valence-electron chi connectivity index (χ3n) is 5.57. The maximum Gasteiger partial charge on any atom is 0.243 e. The van der Waals surface area contributed by atoms with Gasteiger partial charge in [-0.1, -0.05) is 49.7 Å². The number of ketones is 1. The maximum absolute atomic E-state index is 12.9. The highest BCUT2D eigenvalue weighted by molar-refractivity contribution is 5.99. The van der Waals surface area contributed by atoms with Crippen molar-refractivity contribution in [1.82, 2.24) is 15.0 Å². The van der Waals surface area contributed by atoms with Crippen molar-refractivity contribution in [2.24, 2.45) is 5.92 Å². The summed E-state index contributed by atoms with van der Waals surface area (Å²) < 4.78 is 5.51. The predicted molar refractivity (Wildman–Crippen MR) is 106 cm³/mol. The first kappa shape index (κ1) is 19.7. The average molecular weight is 370 g/mol. The van der Waals surface area contributed by atoms with E-state index in [0.29, 0.717) is 5.89 Å². The van der Waals surface area contributed by atoms with Gasteiger partial charge in [0.2, 0.25) is 5.89 Å². The molecule has 1 aliphatic rings. The molecular formula is C22H31N3O2. The fraction of sp³-hybridized carbons (Fsp3) is 0.591. The zero-order chi connectivity index (χ0) is 19.8. The number of carbonyl (C=O) groups is 1. The number of hydrogen-bond acceptors (Lipinski definition) is 5. The molecule has 0 radical (unpaired) electrons. The van der Waals surface area contributed by atoms with E-state index in [0.717, 1.165) is 42.9 Å². The number of carbonyl (C=O) groups excluding carboxylic acids is 1. The van der Waals surface area contributed by atoms with Crippen LogP contribution in [0.15, 0.2) is 22.7 Å². The minimum Gasteiger partial charge on any atom is -0.338 e. The summed E-state index contributed by atoms with van der Waals surface area (Å²) in [6.07, 6.45) is 1.74. The molecule has 1 aliphatic heterocycles. The molecule has 146 valence electrons. The highest BCUT2D eigenvalue weighted by Crippen LogP contribution is 2.29. The Morgan fingerprint density at radius 1 is 1.22 bits per heavy atom. The number of hydrogen-bond donors (Lipinski definition) is 0. The number of nitrogens with zero attached hydrogens (tertiary/aromatic N) is 3. The van der Waals surface area contributed by atoms with Gasteiger partial charge in [0.25, 0.3) is 0 Å². The van der Waals surface area contributed by atoms with E-state index in [1.165, 1.54) is 5.56 Å².